The summed E-state index contributed by atoms with van der Waals surface area (Å²) in [4.78, 5) is 17.8. The van der Waals surface area contributed by atoms with Crippen LogP contribution >= 0.6 is 0 Å². The van der Waals surface area contributed by atoms with Crippen molar-refractivity contribution in [2.24, 2.45) is 0 Å². The third-order valence-electron chi connectivity index (χ3n) is 4.47. The lowest BCUT2D eigenvalue weighted by molar-refractivity contribution is -0.137. The molecular weight excluding hydrogens is 330 g/mol. The monoisotopic (exact) mass is 359 g/mol. The van der Waals surface area contributed by atoms with E-state index in [0.717, 1.165) is 61.6 Å². The molecule has 142 valence electrons. The Bertz CT molecular complexity index is 661. The first-order valence-corrected chi connectivity index (χ1v) is 9.25. The van der Waals surface area contributed by atoms with E-state index in [-0.39, 0.29) is 0 Å². The number of methoxy groups -OCH3 is 1. The lowest BCUT2D eigenvalue weighted by atomic mass is 9.98. The molecule has 1 fully saturated rings. The molecule has 1 aliphatic rings. The maximum absolute atomic E-state index is 9.76. The Morgan fingerprint density at radius 2 is 1.96 bits per heavy atom. The number of ether oxygens (including phenoxy) is 1. The summed E-state index contributed by atoms with van der Waals surface area (Å²) >= 11 is 0. The normalized spacial score (nSPS) is 14.4. The van der Waals surface area contributed by atoms with Crippen LogP contribution in [0.15, 0.2) is 30.5 Å². The van der Waals surface area contributed by atoms with Gasteiger partial charge in [0.1, 0.15) is 11.6 Å². The van der Waals surface area contributed by atoms with Crippen molar-refractivity contribution in [3.05, 3.63) is 36.3 Å². The van der Waals surface area contributed by atoms with E-state index in [1.54, 1.807) is 7.11 Å². The number of rotatable bonds is 6. The Kier molecular flexibility index (Phi) is 8.15. The second kappa shape index (κ2) is 10.6. The van der Waals surface area contributed by atoms with E-state index >= 15 is 0 Å². The van der Waals surface area contributed by atoms with Gasteiger partial charge >= 0.3 is 5.97 Å². The van der Waals surface area contributed by atoms with Crippen molar-refractivity contribution in [2.45, 2.75) is 44.9 Å². The van der Waals surface area contributed by atoms with Crippen molar-refractivity contribution >= 4 is 5.97 Å². The minimum absolute atomic E-state index is 0.316. The van der Waals surface area contributed by atoms with Crippen LogP contribution in [-0.4, -0.2) is 41.2 Å². The number of hydrogen-bond acceptors (Lipinski definition) is 4. The number of aromatic nitrogens is 2. The van der Waals surface area contributed by atoms with Gasteiger partial charge in [-0.2, -0.15) is 0 Å². The second-order valence-corrected chi connectivity index (χ2v) is 6.43. The number of hydrogen-bond donors (Lipinski definition) is 3. The molecule has 0 aliphatic carbocycles. The van der Waals surface area contributed by atoms with Crippen molar-refractivity contribution in [3.63, 3.8) is 0 Å². The Balaban J connectivity index is 0.000000298. The quantitative estimate of drug-likeness (QED) is 0.730. The predicted molar refractivity (Wildman–Crippen MR) is 103 cm³/mol. The molecule has 0 amide bonds. The highest BCUT2D eigenvalue weighted by Crippen LogP contribution is 2.26. The lowest BCUT2D eigenvalue weighted by Gasteiger charge is -2.20. The number of H-pyrrole nitrogens is 1. The minimum Gasteiger partial charge on any atom is -0.497 e. The number of nitrogens with one attached hydrogen (secondary N) is 2. The fraction of sp³-hybridized carbons (Fsp3) is 0.500. The summed E-state index contributed by atoms with van der Waals surface area (Å²) in [7, 11) is 1.68. The highest BCUT2D eigenvalue weighted by Gasteiger charge is 2.18. The lowest BCUT2D eigenvalue weighted by Crippen LogP contribution is -2.27. The Labute approximate surface area is 155 Å². The highest BCUT2D eigenvalue weighted by atomic mass is 16.5. The number of piperidine rings is 1. The first-order chi connectivity index (χ1) is 12.6. The second-order valence-electron chi connectivity index (χ2n) is 6.43. The minimum atomic E-state index is -0.693. The van der Waals surface area contributed by atoms with Crippen molar-refractivity contribution in [2.75, 3.05) is 20.2 Å². The van der Waals surface area contributed by atoms with Crippen molar-refractivity contribution in [1.82, 2.24) is 15.3 Å². The number of carboxylic acid groups (broad SMARTS) is 1. The van der Waals surface area contributed by atoms with Crippen LogP contribution in [0.2, 0.25) is 0 Å². The van der Waals surface area contributed by atoms with Crippen LogP contribution in [0.25, 0.3) is 11.3 Å². The molecular formula is C20H29N3O3. The number of imidazole rings is 1. The highest BCUT2D eigenvalue weighted by molar-refractivity contribution is 5.66. The third kappa shape index (κ3) is 6.19. The van der Waals surface area contributed by atoms with Gasteiger partial charge in [0, 0.05) is 12.3 Å². The number of benzene rings is 1. The molecule has 3 N–H and O–H groups in total. The van der Waals surface area contributed by atoms with Gasteiger partial charge < -0.3 is 20.1 Å². The van der Waals surface area contributed by atoms with Crippen molar-refractivity contribution < 1.29 is 14.6 Å². The summed E-state index contributed by atoms with van der Waals surface area (Å²) in [5.41, 5.74) is 2.23. The average molecular weight is 359 g/mol. The number of carbonyl (C=O) groups is 1. The summed E-state index contributed by atoms with van der Waals surface area (Å²) in [6.07, 6.45) is 6.34. The standard InChI is InChI=1S/C15H19N3O.C5H10O2/c1-19-13-4-2-11(3-5-13)14-10-17-15(18-14)12-6-8-16-9-7-12;1-2-3-4-5(6)7/h2-5,10,12,16H,6-9H2,1H3,(H,17,18);2-4H2,1H3,(H,6,7). The number of nitrogens with zero attached hydrogens (tertiary/aromatic N) is 1. The summed E-state index contributed by atoms with van der Waals surface area (Å²) < 4.78 is 5.17. The largest absolute Gasteiger partial charge is 0.497 e. The van der Waals surface area contributed by atoms with Gasteiger partial charge in [-0.05, 0) is 62.2 Å². The van der Waals surface area contributed by atoms with Crippen LogP contribution < -0.4 is 10.1 Å². The molecule has 0 saturated carbocycles. The number of unbranched alkanes of at least 4 members (excludes halogenated alkanes) is 1. The Morgan fingerprint density at radius 3 is 2.50 bits per heavy atom. The average Bonchev–Trinajstić information content (AvgIpc) is 3.18. The van der Waals surface area contributed by atoms with E-state index in [0.29, 0.717) is 12.3 Å². The topological polar surface area (TPSA) is 87.2 Å². The van der Waals surface area contributed by atoms with Crippen LogP contribution in [0.1, 0.15) is 50.8 Å². The van der Waals surface area contributed by atoms with E-state index in [9.17, 15) is 4.79 Å². The number of aliphatic carboxylic acids is 1. The van der Waals surface area contributed by atoms with E-state index < -0.39 is 5.97 Å². The molecule has 26 heavy (non-hydrogen) atoms. The van der Waals surface area contributed by atoms with Gasteiger partial charge in [-0.25, -0.2) is 4.98 Å². The van der Waals surface area contributed by atoms with Crippen molar-refractivity contribution in [1.29, 1.82) is 0 Å². The van der Waals surface area contributed by atoms with Crippen LogP contribution in [0.5, 0.6) is 5.75 Å². The molecule has 3 rings (SSSR count). The summed E-state index contributed by atoms with van der Waals surface area (Å²) in [6, 6.07) is 8.05. The van der Waals surface area contributed by atoms with Gasteiger partial charge in [-0.3, -0.25) is 4.79 Å². The van der Waals surface area contributed by atoms with Crippen LogP contribution in [0.4, 0.5) is 0 Å². The molecule has 0 radical (unpaired) electrons. The van der Waals surface area contributed by atoms with Crippen LogP contribution in [-0.2, 0) is 4.79 Å². The first-order valence-electron chi connectivity index (χ1n) is 9.25. The van der Waals surface area contributed by atoms with Gasteiger partial charge in [0.15, 0.2) is 0 Å². The molecule has 1 aliphatic heterocycles. The van der Waals surface area contributed by atoms with Gasteiger partial charge in [-0.15, -0.1) is 0 Å². The zero-order chi connectivity index (χ0) is 18.8. The van der Waals surface area contributed by atoms with E-state index in [1.165, 1.54) is 0 Å². The SMILES string of the molecule is CCCCC(=O)O.COc1ccc(-c2cnc(C3CCNCC3)[nH]2)cc1. The summed E-state index contributed by atoms with van der Waals surface area (Å²) in [6.45, 7) is 4.15. The zero-order valence-corrected chi connectivity index (χ0v) is 15.6. The molecule has 1 aromatic carbocycles. The molecule has 0 spiro atoms. The predicted octanol–water partition coefficient (Wildman–Crippen LogP) is 3.81. The van der Waals surface area contributed by atoms with Crippen LogP contribution in [0.3, 0.4) is 0 Å². The third-order valence-corrected chi connectivity index (χ3v) is 4.47. The Morgan fingerprint density at radius 1 is 1.27 bits per heavy atom. The molecule has 2 aromatic rings. The van der Waals surface area contributed by atoms with E-state index in [4.69, 9.17) is 9.84 Å². The van der Waals surface area contributed by atoms with Crippen molar-refractivity contribution in [3.8, 4) is 17.0 Å². The van der Waals surface area contributed by atoms with E-state index in [2.05, 4.69) is 27.4 Å². The fourth-order valence-corrected chi connectivity index (χ4v) is 2.88. The van der Waals surface area contributed by atoms with E-state index in [1.807, 2.05) is 25.3 Å². The molecule has 0 unspecified atom stereocenters. The molecule has 1 aromatic heterocycles. The fourth-order valence-electron chi connectivity index (χ4n) is 2.88. The number of aromatic amines is 1. The number of carboxylic acids is 1. The van der Waals surface area contributed by atoms with Crippen LogP contribution in [0, 0.1) is 0 Å². The smallest absolute Gasteiger partial charge is 0.303 e. The molecule has 0 bridgehead atoms. The summed E-state index contributed by atoms with van der Waals surface area (Å²) in [5.74, 6) is 1.87. The molecule has 1 saturated heterocycles. The molecule has 6 nitrogen and oxygen atoms in total. The van der Waals surface area contributed by atoms with Gasteiger partial charge in [-0.1, -0.05) is 13.3 Å². The first kappa shape index (κ1) is 20.0. The van der Waals surface area contributed by atoms with Gasteiger partial charge in [0.25, 0.3) is 0 Å². The summed E-state index contributed by atoms with van der Waals surface area (Å²) in [5, 5.41) is 11.4. The molecule has 0 atom stereocenters. The molecule has 6 heteroatoms. The van der Waals surface area contributed by atoms with Gasteiger partial charge in [0.2, 0.25) is 0 Å². The Hall–Kier alpha value is -2.34. The van der Waals surface area contributed by atoms with Gasteiger partial charge in [0.05, 0.1) is 19.0 Å². The maximum atomic E-state index is 9.76. The zero-order valence-electron chi connectivity index (χ0n) is 15.6. The molecule has 2 heterocycles. The maximum Gasteiger partial charge on any atom is 0.303 e.